The molecule has 0 radical (unpaired) electrons. The predicted octanol–water partition coefficient (Wildman–Crippen LogP) is 2.25. The van der Waals surface area contributed by atoms with Gasteiger partial charge in [-0.1, -0.05) is 13.0 Å². The molecule has 0 bridgehead atoms. The van der Waals surface area contributed by atoms with Crippen molar-refractivity contribution < 1.29 is 23.1 Å². The van der Waals surface area contributed by atoms with Crippen LogP contribution in [0, 0.1) is 5.92 Å². The van der Waals surface area contributed by atoms with E-state index >= 15 is 0 Å². The first kappa shape index (κ1) is 17.0. The number of benzene rings is 1. The summed E-state index contributed by atoms with van der Waals surface area (Å²) in [6.45, 7) is 1.99. The van der Waals surface area contributed by atoms with Gasteiger partial charge in [-0.05, 0) is 30.2 Å². The lowest BCUT2D eigenvalue weighted by Crippen LogP contribution is -2.29. The first-order chi connectivity index (χ1) is 10.8. The van der Waals surface area contributed by atoms with Crippen LogP contribution in [0.1, 0.15) is 23.0 Å². The molecule has 0 aliphatic carbocycles. The maximum atomic E-state index is 12.7. The smallest absolute Gasteiger partial charge is 0.396 e. The Morgan fingerprint density at radius 1 is 1.39 bits per heavy atom. The van der Waals surface area contributed by atoms with Gasteiger partial charge in [-0.25, -0.2) is 4.68 Å². The number of amides is 1. The van der Waals surface area contributed by atoms with Gasteiger partial charge in [0.1, 0.15) is 0 Å². The fraction of sp³-hybridized carbons (Fsp3) is 0.333. The topological polar surface area (TPSA) is 67.2 Å². The average molecular weight is 327 g/mol. The van der Waals surface area contributed by atoms with Gasteiger partial charge in [0.2, 0.25) is 0 Å². The minimum absolute atomic E-state index is 0.0566. The number of carbonyl (C=O) groups is 1. The molecule has 1 aromatic carbocycles. The van der Waals surface area contributed by atoms with Crippen molar-refractivity contribution in [3.63, 3.8) is 0 Å². The van der Waals surface area contributed by atoms with E-state index in [2.05, 4.69) is 10.4 Å². The standard InChI is InChI=1S/C15H16F3N3O2/c1-10(9-22)8-19-14(23)13-5-6-21(20-13)12-4-2-3-11(7-12)15(16,17)18/h2-7,10,22H,8-9H2,1H3,(H,19,23). The molecule has 0 aliphatic rings. The van der Waals surface area contributed by atoms with Crippen molar-refractivity contribution in [2.75, 3.05) is 13.2 Å². The molecule has 5 nitrogen and oxygen atoms in total. The van der Waals surface area contributed by atoms with Crippen LogP contribution in [0.5, 0.6) is 0 Å². The first-order valence-corrected chi connectivity index (χ1v) is 6.93. The van der Waals surface area contributed by atoms with E-state index < -0.39 is 17.6 Å². The Morgan fingerprint density at radius 3 is 2.78 bits per heavy atom. The van der Waals surface area contributed by atoms with Gasteiger partial charge in [0, 0.05) is 19.3 Å². The Kier molecular flexibility index (Phi) is 5.05. The molecule has 1 amide bonds. The van der Waals surface area contributed by atoms with Gasteiger partial charge in [0.05, 0.1) is 11.3 Å². The molecule has 2 rings (SSSR count). The summed E-state index contributed by atoms with van der Waals surface area (Å²) in [5.41, 5.74) is -0.483. The molecule has 124 valence electrons. The molecule has 8 heteroatoms. The number of halogens is 3. The number of nitrogens with zero attached hydrogens (tertiary/aromatic N) is 2. The lowest BCUT2D eigenvalue weighted by Gasteiger charge is -2.09. The summed E-state index contributed by atoms with van der Waals surface area (Å²) in [4.78, 5) is 11.9. The van der Waals surface area contributed by atoms with Gasteiger partial charge >= 0.3 is 6.18 Å². The molecular formula is C15H16F3N3O2. The third-order valence-electron chi connectivity index (χ3n) is 3.18. The fourth-order valence-corrected chi connectivity index (χ4v) is 1.84. The third kappa shape index (κ3) is 4.32. The number of hydrogen-bond donors (Lipinski definition) is 2. The number of nitrogens with one attached hydrogen (secondary N) is 1. The van der Waals surface area contributed by atoms with Crippen molar-refractivity contribution >= 4 is 5.91 Å². The van der Waals surface area contributed by atoms with Gasteiger partial charge in [-0.2, -0.15) is 18.3 Å². The van der Waals surface area contributed by atoms with Crippen molar-refractivity contribution in [1.82, 2.24) is 15.1 Å². The zero-order valence-electron chi connectivity index (χ0n) is 12.3. The molecule has 2 aromatic rings. The third-order valence-corrected chi connectivity index (χ3v) is 3.18. The largest absolute Gasteiger partial charge is 0.416 e. The number of carbonyl (C=O) groups excluding carboxylic acids is 1. The molecule has 0 saturated carbocycles. The first-order valence-electron chi connectivity index (χ1n) is 6.93. The molecular weight excluding hydrogens is 311 g/mol. The van der Waals surface area contributed by atoms with Crippen molar-refractivity contribution in [2.24, 2.45) is 5.92 Å². The number of aliphatic hydroxyl groups excluding tert-OH is 1. The predicted molar refractivity (Wildman–Crippen MR) is 77.1 cm³/mol. The quantitative estimate of drug-likeness (QED) is 0.885. The second-order valence-electron chi connectivity index (χ2n) is 5.19. The number of hydrogen-bond acceptors (Lipinski definition) is 3. The van der Waals surface area contributed by atoms with Gasteiger partial charge in [-0.15, -0.1) is 0 Å². The lowest BCUT2D eigenvalue weighted by molar-refractivity contribution is -0.137. The van der Waals surface area contributed by atoms with Crippen LogP contribution in [0.25, 0.3) is 5.69 Å². The maximum Gasteiger partial charge on any atom is 0.416 e. The van der Waals surface area contributed by atoms with E-state index in [1.54, 1.807) is 6.92 Å². The fourth-order valence-electron chi connectivity index (χ4n) is 1.84. The molecule has 1 atom stereocenters. The van der Waals surface area contributed by atoms with E-state index in [9.17, 15) is 18.0 Å². The minimum Gasteiger partial charge on any atom is -0.396 e. The van der Waals surface area contributed by atoms with Crippen LogP contribution < -0.4 is 5.32 Å². The molecule has 23 heavy (non-hydrogen) atoms. The van der Waals surface area contributed by atoms with Gasteiger partial charge in [-0.3, -0.25) is 4.79 Å². The number of aliphatic hydroxyl groups is 1. The average Bonchev–Trinajstić information content (AvgIpc) is 3.01. The molecule has 1 heterocycles. The summed E-state index contributed by atoms with van der Waals surface area (Å²) in [5, 5.41) is 15.5. The Hall–Kier alpha value is -2.35. The summed E-state index contributed by atoms with van der Waals surface area (Å²) in [5.74, 6) is -0.541. The van der Waals surface area contributed by atoms with Crippen LogP contribution in [0.3, 0.4) is 0 Å². The summed E-state index contributed by atoms with van der Waals surface area (Å²) in [6, 6.07) is 6.10. The highest BCUT2D eigenvalue weighted by atomic mass is 19.4. The Morgan fingerprint density at radius 2 is 2.13 bits per heavy atom. The number of rotatable bonds is 5. The molecule has 0 aliphatic heterocycles. The van der Waals surface area contributed by atoms with Crippen LogP contribution in [-0.2, 0) is 6.18 Å². The minimum atomic E-state index is -4.44. The molecule has 1 unspecified atom stereocenters. The molecule has 2 N–H and O–H groups in total. The van der Waals surface area contributed by atoms with Crippen LogP contribution in [0.15, 0.2) is 36.5 Å². The van der Waals surface area contributed by atoms with Crippen molar-refractivity contribution in [2.45, 2.75) is 13.1 Å². The second kappa shape index (κ2) is 6.82. The highest BCUT2D eigenvalue weighted by molar-refractivity contribution is 5.92. The summed E-state index contributed by atoms with van der Waals surface area (Å²) in [7, 11) is 0. The number of alkyl halides is 3. The van der Waals surface area contributed by atoms with Crippen LogP contribution in [-0.4, -0.2) is 33.9 Å². The van der Waals surface area contributed by atoms with E-state index in [4.69, 9.17) is 5.11 Å². The zero-order valence-corrected chi connectivity index (χ0v) is 12.3. The second-order valence-corrected chi connectivity index (χ2v) is 5.19. The SMILES string of the molecule is CC(CO)CNC(=O)c1ccn(-c2cccc(C(F)(F)F)c2)n1. The van der Waals surface area contributed by atoms with E-state index in [1.807, 2.05) is 0 Å². The highest BCUT2D eigenvalue weighted by Gasteiger charge is 2.30. The Bertz CT molecular complexity index is 683. The van der Waals surface area contributed by atoms with Crippen molar-refractivity contribution in [3.8, 4) is 5.69 Å². The van der Waals surface area contributed by atoms with Crippen molar-refractivity contribution in [3.05, 3.63) is 47.8 Å². The van der Waals surface area contributed by atoms with Crippen LogP contribution >= 0.6 is 0 Å². The maximum absolute atomic E-state index is 12.7. The van der Waals surface area contributed by atoms with Crippen LogP contribution in [0.2, 0.25) is 0 Å². The normalized spacial score (nSPS) is 12.9. The van der Waals surface area contributed by atoms with Gasteiger partial charge in [0.25, 0.3) is 5.91 Å². The Labute approximate surface area is 130 Å². The zero-order chi connectivity index (χ0) is 17.0. The molecule has 0 fully saturated rings. The highest BCUT2D eigenvalue weighted by Crippen LogP contribution is 2.30. The molecule has 0 spiro atoms. The molecule has 1 aromatic heterocycles. The van der Waals surface area contributed by atoms with Crippen LogP contribution in [0.4, 0.5) is 13.2 Å². The summed E-state index contributed by atoms with van der Waals surface area (Å²) < 4.78 is 39.3. The Balaban J connectivity index is 2.15. The van der Waals surface area contributed by atoms with Gasteiger partial charge < -0.3 is 10.4 Å². The van der Waals surface area contributed by atoms with E-state index in [0.717, 1.165) is 12.1 Å². The van der Waals surface area contributed by atoms with E-state index in [-0.39, 0.29) is 30.5 Å². The monoisotopic (exact) mass is 327 g/mol. The number of aromatic nitrogens is 2. The summed E-state index contributed by atoms with van der Waals surface area (Å²) in [6.07, 6.45) is -3.02. The van der Waals surface area contributed by atoms with E-state index in [1.165, 1.54) is 29.1 Å². The van der Waals surface area contributed by atoms with Gasteiger partial charge in [0.15, 0.2) is 5.69 Å². The van der Waals surface area contributed by atoms with E-state index in [0.29, 0.717) is 0 Å². The molecule has 0 saturated heterocycles. The summed E-state index contributed by atoms with van der Waals surface area (Å²) >= 11 is 0. The lowest BCUT2D eigenvalue weighted by atomic mass is 10.2. The van der Waals surface area contributed by atoms with Crippen molar-refractivity contribution in [1.29, 1.82) is 0 Å².